The van der Waals surface area contributed by atoms with Crippen molar-refractivity contribution < 1.29 is 5.11 Å². The van der Waals surface area contributed by atoms with Crippen LogP contribution in [0.3, 0.4) is 0 Å². The van der Waals surface area contributed by atoms with Gasteiger partial charge in [-0.25, -0.2) is 0 Å². The predicted molar refractivity (Wildman–Crippen MR) is 81.3 cm³/mol. The fourth-order valence-corrected chi connectivity index (χ4v) is 2.76. The van der Waals surface area contributed by atoms with Crippen molar-refractivity contribution in [1.82, 2.24) is 0 Å². The predicted octanol–water partition coefficient (Wildman–Crippen LogP) is 4.17. The minimum absolute atomic E-state index is 0.330. The first-order valence-electron chi connectivity index (χ1n) is 5.82. The number of aliphatic hydroxyl groups is 1. The monoisotopic (exact) mass is 288 g/mol. The summed E-state index contributed by atoms with van der Waals surface area (Å²) < 4.78 is 0. The van der Waals surface area contributed by atoms with E-state index in [-0.39, 0.29) is 5.25 Å². The summed E-state index contributed by atoms with van der Waals surface area (Å²) in [5.41, 5.74) is 0.774. The third kappa shape index (κ3) is 3.78. The van der Waals surface area contributed by atoms with E-state index in [2.05, 4.69) is 5.92 Å². The molecular formula is C16H13ClOS. The van der Waals surface area contributed by atoms with E-state index in [1.54, 1.807) is 24.3 Å². The molecule has 19 heavy (non-hydrogen) atoms. The van der Waals surface area contributed by atoms with Gasteiger partial charge in [0, 0.05) is 9.92 Å². The Morgan fingerprint density at radius 3 is 2.26 bits per heavy atom. The smallest absolute Gasteiger partial charge is 0.102 e. The van der Waals surface area contributed by atoms with Crippen molar-refractivity contribution in [2.45, 2.75) is 16.2 Å². The largest absolute Gasteiger partial charge is 0.386 e. The van der Waals surface area contributed by atoms with Crippen molar-refractivity contribution in [3.05, 3.63) is 65.2 Å². The topological polar surface area (TPSA) is 20.2 Å². The number of hydrogen-bond donors (Lipinski definition) is 1. The van der Waals surface area contributed by atoms with Crippen LogP contribution < -0.4 is 0 Å². The number of halogens is 1. The lowest BCUT2D eigenvalue weighted by Gasteiger charge is -2.18. The van der Waals surface area contributed by atoms with Crippen LogP contribution >= 0.6 is 23.4 Å². The van der Waals surface area contributed by atoms with E-state index in [9.17, 15) is 5.11 Å². The van der Waals surface area contributed by atoms with E-state index in [1.165, 1.54) is 11.8 Å². The molecule has 0 spiro atoms. The average molecular weight is 289 g/mol. The summed E-state index contributed by atoms with van der Waals surface area (Å²) in [5.74, 6) is 2.64. The molecule has 0 unspecified atom stereocenters. The van der Waals surface area contributed by atoms with Gasteiger partial charge in [-0.15, -0.1) is 18.2 Å². The fourth-order valence-electron chi connectivity index (χ4n) is 1.67. The molecular weight excluding hydrogens is 276 g/mol. The second kappa shape index (κ2) is 6.68. The van der Waals surface area contributed by atoms with Gasteiger partial charge in [-0.3, -0.25) is 0 Å². The molecule has 2 atom stereocenters. The van der Waals surface area contributed by atoms with Crippen LogP contribution in [-0.4, -0.2) is 10.4 Å². The van der Waals surface area contributed by atoms with Crippen molar-refractivity contribution in [1.29, 1.82) is 0 Å². The van der Waals surface area contributed by atoms with E-state index in [0.717, 1.165) is 10.5 Å². The summed E-state index contributed by atoms with van der Waals surface area (Å²) in [6, 6.07) is 16.9. The van der Waals surface area contributed by atoms with Crippen molar-refractivity contribution in [3.63, 3.8) is 0 Å². The summed E-state index contributed by atoms with van der Waals surface area (Å²) in [7, 11) is 0. The SMILES string of the molecule is C#C[C@H](Sc1ccccc1)[C@H](O)c1ccc(Cl)cc1. The van der Waals surface area contributed by atoms with E-state index < -0.39 is 6.10 Å². The lowest BCUT2D eigenvalue weighted by Crippen LogP contribution is -2.12. The highest BCUT2D eigenvalue weighted by molar-refractivity contribution is 8.00. The van der Waals surface area contributed by atoms with Gasteiger partial charge in [0.1, 0.15) is 11.4 Å². The standard InChI is InChI=1S/C16H13ClOS/c1-2-15(19-14-6-4-3-5-7-14)16(18)12-8-10-13(17)11-9-12/h1,3-11,15-16,18H/t15-,16+/m0/s1. The first kappa shape index (κ1) is 14.0. The van der Waals surface area contributed by atoms with Gasteiger partial charge in [0.25, 0.3) is 0 Å². The fraction of sp³-hybridized carbons (Fsp3) is 0.125. The first-order valence-corrected chi connectivity index (χ1v) is 7.08. The second-order valence-corrected chi connectivity index (χ2v) is 5.67. The molecule has 96 valence electrons. The third-order valence-electron chi connectivity index (χ3n) is 2.67. The minimum Gasteiger partial charge on any atom is -0.386 e. The molecule has 2 rings (SSSR count). The molecule has 0 fully saturated rings. The lowest BCUT2D eigenvalue weighted by molar-refractivity contribution is 0.189. The van der Waals surface area contributed by atoms with Crippen molar-refractivity contribution in [3.8, 4) is 12.3 Å². The Kier molecular flexibility index (Phi) is 4.93. The molecule has 0 aliphatic heterocycles. The van der Waals surface area contributed by atoms with Gasteiger partial charge < -0.3 is 5.11 Å². The summed E-state index contributed by atoms with van der Waals surface area (Å²) in [4.78, 5) is 1.04. The van der Waals surface area contributed by atoms with Gasteiger partial charge >= 0.3 is 0 Å². The van der Waals surface area contributed by atoms with Crippen LogP contribution in [0, 0.1) is 12.3 Å². The number of aliphatic hydroxyl groups excluding tert-OH is 1. The molecule has 0 radical (unpaired) electrons. The van der Waals surface area contributed by atoms with Gasteiger partial charge in [-0.05, 0) is 29.8 Å². The molecule has 3 heteroatoms. The Morgan fingerprint density at radius 2 is 1.68 bits per heavy atom. The zero-order chi connectivity index (χ0) is 13.7. The van der Waals surface area contributed by atoms with Gasteiger partial charge in [0.2, 0.25) is 0 Å². The van der Waals surface area contributed by atoms with E-state index in [4.69, 9.17) is 18.0 Å². The minimum atomic E-state index is -0.715. The van der Waals surface area contributed by atoms with Crippen LogP contribution in [0.25, 0.3) is 0 Å². The molecule has 2 aromatic rings. The van der Waals surface area contributed by atoms with Crippen molar-refractivity contribution in [2.75, 3.05) is 0 Å². The first-order chi connectivity index (χ1) is 9.20. The Bertz CT molecular complexity index is 560. The normalized spacial score (nSPS) is 13.5. The van der Waals surface area contributed by atoms with Gasteiger partial charge in [0.05, 0.1) is 0 Å². The maximum absolute atomic E-state index is 10.3. The van der Waals surface area contributed by atoms with Crippen LogP contribution in [0.4, 0.5) is 0 Å². The van der Waals surface area contributed by atoms with Crippen LogP contribution in [0.1, 0.15) is 11.7 Å². The molecule has 0 aliphatic carbocycles. The summed E-state index contributed by atoms with van der Waals surface area (Å²) in [5, 5.41) is 10.6. The highest BCUT2D eigenvalue weighted by Gasteiger charge is 2.19. The molecule has 0 aliphatic rings. The van der Waals surface area contributed by atoms with Crippen LogP contribution in [0.2, 0.25) is 5.02 Å². The number of thioether (sulfide) groups is 1. The lowest BCUT2D eigenvalue weighted by atomic mass is 10.1. The van der Waals surface area contributed by atoms with Crippen LogP contribution in [0.15, 0.2) is 59.5 Å². The van der Waals surface area contributed by atoms with Crippen molar-refractivity contribution in [2.24, 2.45) is 0 Å². The second-order valence-electron chi connectivity index (χ2n) is 4.01. The molecule has 0 bridgehead atoms. The molecule has 2 aromatic carbocycles. The highest BCUT2D eigenvalue weighted by Crippen LogP contribution is 2.32. The maximum Gasteiger partial charge on any atom is 0.102 e. The number of rotatable bonds is 4. The zero-order valence-electron chi connectivity index (χ0n) is 10.2. The highest BCUT2D eigenvalue weighted by atomic mass is 35.5. The Hall–Kier alpha value is -1.40. The molecule has 0 amide bonds. The van der Waals surface area contributed by atoms with Crippen LogP contribution in [0.5, 0.6) is 0 Å². The van der Waals surface area contributed by atoms with E-state index in [1.807, 2.05) is 30.3 Å². The molecule has 0 heterocycles. The molecule has 1 N–H and O–H groups in total. The zero-order valence-corrected chi connectivity index (χ0v) is 11.7. The van der Waals surface area contributed by atoms with E-state index >= 15 is 0 Å². The summed E-state index contributed by atoms with van der Waals surface area (Å²) >= 11 is 7.31. The molecule has 0 aromatic heterocycles. The summed E-state index contributed by atoms with van der Waals surface area (Å²) in [6.07, 6.45) is 4.82. The maximum atomic E-state index is 10.3. The molecule has 0 saturated heterocycles. The number of hydrogen-bond acceptors (Lipinski definition) is 2. The van der Waals surface area contributed by atoms with Gasteiger partial charge in [0.15, 0.2) is 0 Å². The number of terminal acetylenes is 1. The van der Waals surface area contributed by atoms with Gasteiger partial charge in [-0.1, -0.05) is 47.9 Å². The summed E-state index contributed by atoms with van der Waals surface area (Å²) in [6.45, 7) is 0. The quantitative estimate of drug-likeness (QED) is 0.673. The molecule has 0 saturated carbocycles. The van der Waals surface area contributed by atoms with Gasteiger partial charge in [-0.2, -0.15) is 0 Å². The Balaban J connectivity index is 2.14. The Labute approximate surface area is 122 Å². The van der Waals surface area contributed by atoms with Crippen LogP contribution in [-0.2, 0) is 0 Å². The number of benzene rings is 2. The molecule has 1 nitrogen and oxygen atoms in total. The Morgan fingerprint density at radius 1 is 1.05 bits per heavy atom. The average Bonchev–Trinajstić information content (AvgIpc) is 2.46. The van der Waals surface area contributed by atoms with E-state index in [0.29, 0.717) is 5.02 Å². The van der Waals surface area contributed by atoms with Crippen molar-refractivity contribution >= 4 is 23.4 Å². The third-order valence-corrected chi connectivity index (χ3v) is 4.11.